The van der Waals surface area contributed by atoms with Gasteiger partial charge in [0.05, 0.1) is 11.4 Å². The molecule has 5 rings (SSSR count). The van der Waals surface area contributed by atoms with Crippen LogP contribution >= 0.6 is 0 Å². The predicted molar refractivity (Wildman–Crippen MR) is 122 cm³/mol. The molecule has 0 aliphatic carbocycles. The van der Waals surface area contributed by atoms with Gasteiger partial charge < -0.3 is 9.19 Å². The Balaban J connectivity index is 1.61. The van der Waals surface area contributed by atoms with Crippen molar-refractivity contribution in [2.24, 2.45) is 0 Å². The molecule has 1 radical (unpaired) electrons. The Labute approximate surface area is 175 Å². The molecule has 147 valence electrons. The highest BCUT2D eigenvalue weighted by Crippen LogP contribution is 2.22. The van der Waals surface area contributed by atoms with Crippen LogP contribution in [0.15, 0.2) is 85.1 Å². The van der Waals surface area contributed by atoms with Crippen LogP contribution in [0.1, 0.15) is 11.4 Å². The summed E-state index contributed by atoms with van der Waals surface area (Å²) in [6, 6.07) is 24.7. The van der Waals surface area contributed by atoms with Crippen LogP contribution in [0.4, 0.5) is 0 Å². The van der Waals surface area contributed by atoms with Crippen molar-refractivity contribution in [2.75, 3.05) is 0 Å². The van der Waals surface area contributed by atoms with Crippen molar-refractivity contribution in [3.63, 3.8) is 0 Å². The third kappa shape index (κ3) is 3.24. The number of aromatic nitrogens is 4. The first-order chi connectivity index (χ1) is 14.7. The van der Waals surface area contributed by atoms with Crippen molar-refractivity contribution in [3.05, 3.63) is 96.5 Å². The average molecular weight is 393 g/mol. The Morgan fingerprint density at radius 2 is 1.23 bits per heavy atom. The standard InChI is InChI=1S/C23H22BN6/c1-18-16-22(20-10-5-3-6-11-20)26-29(18)24(28-15-9-14-25-28)30-19(2)17-23(27-30)21-12-7-4-8-13-21/h3-17,24H,1-2H3. The van der Waals surface area contributed by atoms with Gasteiger partial charge in [0.2, 0.25) is 0 Å². The van der Waals surface area contributed by atoms with E-state index in [2.05, 4.69) is 64.5 Å². The summed E-state index contributed by atoms with van der Waals surface area (Å²) in [5, 5.41) is 14.5. The van der Waals surface area contributed by atoms with Gasteiger partial charge in [0.1, 0.15) is 5.10 Å². The second-order valence-corrected chi connectivity index (χ2v) is 7.54. The van der Waals surface area contributed by atoms with E-state index in [0.29, 0.717) is 0 Å². The highest BCUT2D eigenvalue weighted by molar-refractivity contribution is 6.52. The molecule has 2 aromatic heterocycles. The van der Waals surface area contributed by atoms with Crippen LogP contribution in [0.5, 0.6) is 0 Å². The highest BCUT2D eigenvalue weighted by Gasteiger charge is 2.28. The number of hydrogen-bond donors (Lipinski definition) is 0. The number of nitrogens with zero attached hydrogens (tertiary/aromatic N) is 6. The lowest BCUT2D eigenvalue weighted by Gasteiger charge is -2.28. The zero-order valence-electron chi connectivity index (χ0n) is 17.1. The third-order valence-electron chi connectivity index (χ3n) is 5.49. The van der Waals surface area contributed by atoms with Crippen molar-refractivity contribution in [3.8, 4) is 22.5 Å². The number of hydrogen-bond acceptors (Lipinski definition) is 4. The van der Waals surface area contributed by atoms with Gasteiger partial charge in [-0.1, -0.05) is 60.7 Å². The molecule has 3 heterocycles. The molecule has 0 fully saturated rings. The van der Waals surface area contributed by atoms with Crippen LogP contribution in [-0.2, 0) is 0 Å². The van der Waals surface area contributed by atoms with Gasteiger partial charge >= 0.3 is 7.12 Å². The van der Waals surface area contributed by atoms with E-state index in [9.17, 15) is 0 Å². The topological polar surface area (TPSA) is 53.0 Å². The Morgan fingerprint density at radius 1 is 0.733 bits per heavy atom. The molecule has 30 heavy (non-hydrogen) atoms. The summed E-state index contributed by atoms with van der Waals surface area (Å²) in [4.78, 5) is 1.96. The van der Waals surface area contributed by atoms with E-state index in [1.165, 1.54) is 0 Å². The SMILES string of the molecule is Cc1cc(-c2ccccc2)nn1[BH-](N1C=CC=[N+]1)n1nc(-c2ccccc2)cc1C. The molecule has 0 saturated heterocycles. The summed E-state index contributed by atoms with van der Waals surface area (Å²) in [5.41, 5.74) is 6.23. The maximum atomic E-state index is 4.97. The fraction of sp³-hybridized carbons (Fsp3) is 0.0870. The van der Waals surface area contributed by atoms with E-state index < -0.39 is 7.12 Å². The van der Waals surface area contributed by atoms with Gasteiger partial charge in [0, 0.05) is 23.4 Å². The molecular formula is C23H22BN6. The Morgan fingerprint density at radius 3 is 1.67 bits per heavy atom. The molecule has 2 aromatic carbocycles. The smallest absolute Gasteiger partial charge is 0.374 e. The molecule has 7 heteroatoms. The molecule has 1 aliphatic rings. The number of benzene rings is 2. The van der Waals surface area contributed by atoms with Crippen molar-refractivity contribution in [1.82, 2.24) is 29.4 Å². The minimum atomic E-state index is -1.41. The molecule has 0 atom stereocenters. The second kappa shape index (κ2) is 7.52. The Kier molecular flexibility index (Phi) is 4.56. The molecule has 0 unspecified atom stereocenters. The van der Waals surface area contributed by atoms with Crippen LogP contribution in [0.25, 0.3) is 22.5 Å². The first-order valence-corrected chi connectivity index (χ1v) is 10.1. The molecule has 0 spiro atoms. The second-order valence-electron chi connectivity index (χ2n) is 7.54. The fourth-order valence-electron chi connectivity index (χ4n) is 3.96. The number of hydrazone groups is 1. The number of allylic oxidation sites excluding steroid dienone is 1. The fourth-order valence-corrected chi connectivity index (χ4v) is 3.96. The summed E-state index contributed by atoms with van der Waals surface area (Å²) in [6.45, 7) is 4.17. The predicted octanol–water partition coefficient (Wildman–Crippen LogP) is 3.29. The average Bonchev–Trinajstić information content (AvgIpc) is 3.52. The van der Waals surface area contributed by atoms with Gasteiger partial charge in [0.15, 0.2) is 0 Å². The summed E-state index contributed by atoms with van der Waals surface area (Å²) in [5.74, 6) is 0. The zero-order valence-corrected chi connectivity index (χ0v) is 17.1. The Bertz CT molecular complexity index is 1130. The van der Waals surface area contributed by atoms with E-state index in [1.54, 1.807) is 6.21 Å². The number of aryl methyl sites for hydroxylation is 2. The quantitative estimate of drug-likeness (QED) is 0.489. The molecule has 0 bridgehead atoms. The van der Waals surface area contributed by atoms with Crippen LogP contribution in [0, 0.1) is 13.8 Å². The highest BCUT2D eigenvalue weighted by atomic mass is 15.5. The van der Waals surface area contributed by atoms with E-state index in [4.69, 9.17) is 10.2 Å². The minimum absolute atomic E-state index is 0.950. The lowest BCUT2D eigenvalue weighted by Crippen LogP contribution is -2.50. The molecule has 0 N–H and O–H groups in total. The van der Waals surface area contributed by atoms with Crippen LogP contribution in [0.3, 0.4) is 0 Å². The third-order valence-corrected chi connectivity index (χ3v) is 5.49. The maximum absolute atomic E-state index is 4.97. The summed E-state index contributed by atoms with van der Waals surface area (Å²) in [7, 11) is -1.41. The van der Waals surface area contributed by atoms with E-state index in [-0.39, 0.29) is 0 Å². The van der Waals surface area contributed by atoms with Crippen LogP contribution < -0.4 is 5.10 Å². The molecule has 0 amide bonds. The summed E-state index contributed by atoms with van der Waals surface area (Å²) >= 11 is 0. The van der Waals surface area contributed by atoms with Crippen molar-refractivity contribution >= 4 is 13.3 Å². The van der Waals surface area contributed by atoms with Gasteiger partial charge in [0.25, 0.3) is 6.21 Å². The van der Waals surface area contributed by atoms with Gasteiger partial charge in [-0.05, 0) is 37.4 Å². The largest absolute Gasteiger partial charge is 0.397 e. The molecular weight excluding hydrogens is 371 g/mol. The van der Waals surface area contributed by atoms with E-state index >= 15 is 0 Å². The molecule has 1 aliphatic heterocycles. The Hall–Kier alpha value is -3.87. The van der Waals surface area contributed by atoms with Gasteiger partial charge in [-0.25, -0.2) is 15.1 Å². The van der Waals surface area contributed by atoms with E-state index in [1.807, 2.05) is 53.6 Å². The van der Waals surface area contributed by atoms with Crippen LogP contribution in [-0.4, -0.2) is 37.6 Å². The zero-order chi connectivity index (χ0) is 20.5. The monoisotopic (exact) mass is 393 g/mol. The lowest BCUT2D eigenvalue weighted by molar-refractivity contribution is 0.517. The first-order valence-electron chi connectivity index (χ1n) is 10.1. The van der Waals surface area contributed by atoms with Crippen molar-refractivity contribution in [2.45, 2.75) is 13.8 Å². The molecule has 4 aromatic rings. The van der Waals surface area contributed by atoms with Crippen molar-refractivity contribution in [1.29, 1.82) is 0 Å². The normalized spacial score (nSPS) is 13.0. The number of rotatable bonds is 5. The summed E-state index contributed by atoms with van der Waals surface area (Å²) < 4.78 is 4.12. The summed E-state index contributed by atoms with van der Waals surface area (Å²) in [6.07, 6.45) is 5.72. The molecule has 0 saturated carbocycles. The van der Waals surface area contributed by atoms with E-state index in [0.717, 1.165) is 33.9 Å². The lowest BCUT2D eigenvalue weighted by atomic mass is 9.92. The van der Waals surface area contributed by atoms with Gasteiger partial charge in [-0.15, -0.1) is 0 Å². The van der Waals surface area contributed by atoms with Crippen molar-refractivity contribution < 1.29 is 0 Å². The minimum Gasteiger partial charge on any atom is -0.397 e. The first kappa shape index (κ1) is 18.2. The van der Waals surface area contributed by atoms with Gasteiger partial charge in [-0.2, -0.15) is 0 Å². The molecule has 6 nitrogen and oxygen atoms in total. The maximum Gasteiger partial charge on any atom is 0.374 e. The van der Waals surface area contributed by atoms with Crippen LogP contribution in [0.2, 0.25) is 0 Å². The van der Waals surface area contributed by atoms with Gasteiger partial charge in [-0.3, -0.25) is 0 Å².